The summed E-state index contributed by atoms with van der Waals surface area (Å²) in [7, 11) is 0. The third-order valence-electron chi connectivity index (χ3n) is 4.75. The van der Waals surface area contributed by atoms with Crippen LogP contribution in [-0.2, 0) is 4.79 Å². The summed E-state index contributed by atoms with van der Waals surface area (Å²) in [5.41, 5.74) is 4.01. The van der Waals surface area contributed by atoms with Gasteiger partial charge in [0.2, 0.25) is 0 Å². The largest absolute Gasteiger partial charge is 0.335 e. The molecule has 27 heavy (non-hydrogen) atoms. The maximum Gasteiger partial charge on any atom is 0.186 e. The number of ketones is 1. The van der Waals surface area contributed by atoms with E-state index in [9.17, 15) is 4.79 Å². The highest BCUT2D eigenvalue weighted by atomic mass is 35.5. The predicted molar refractivity (Wildman–Crippen MR) is 116 cm³/mol. The molecule has 136 valence electrons. The number of thioether (sulfide) groups is 1. The molecule has 2 aliphatic rings. The summed E-state index contributed by atoms with van der Waals surface area (Å²) in [6.45, 7) is 3.15. The molecule has 2 nitrogen and oxygen atoms in total. The van der Waals surface area contributed by atoms with Crippen LogP contribution >= 0.6 is 23.4 Å². The summed E-state index contributed by atoms with van der Waals surface area (Å²) in [6, 6.07) is 14.0. The summed E-state index contributed by atoms with van der Waals surface area (Å²) in [4.78, 5) is 15.9. The van der Waals surface area contributed by atoms with E-state index in [1.54, 1.807) is 17.8 Å². The Morgan fingerprint density at radius 2 is 1.96 bits per heavy atom. The quantitative estimate of drug-likeness (QED) is 0.547. The lowest BCUT2D eigenvalue weighted by molar-refractivity contribution is -0.109. The first kappa shape index (κ1) is 18.1. The molecule has 0 saturated carbocycles. The highest BCUT2D eigenvalue weighted by Gasteiger charge is 2.25. The molecule has 0 spiro atoms. The number of anilines is 1. The van der Waals surface area contributed by atoms with E-state index in [0.717, 1.165) is 46.1 Å². The summed E-state index contributed by atoms with van der Waals surface area (Å²) in [5.74, 6) is 0.0502. The molecule has 0 saturated heterocycles. The van der Waals surface area contributed by atoms with E-state index in [0.29, 0.717) is 0 Å². The number of hydrogen-bond acceptors (Lipinski definition) is 3. The van der Waals surface area contributed by atoms with Gasteiger partial charge in [-0.1, -0.05) is 67.0 Å². The van der Waals surface area contributed by atoms with Crippen LogP contribution in [0, 0.1) is 0 Å². The van der Waals surface area contributed by atoms with Crippen LogP contribution in [0.25, 0.3) is 11.6 Å². The Hall–Kier alpha value is -2.23. The minimum atomic E-state index is 0.0502. The van der Waals surface area contributed by atoms with Gasteiger partial charge >= 0.3 is 0 Å². The Morgan fingerprint density at radius 1 is 1.11 bits per heavy atom. The number of rotatable bonds is 4. The molecule has 0 unspecified atom stereocenters. The molecule has 1 heterocycles. The van der Waals surface area contributed by atoms with Gasteiger partial charge in [0, 0.05) is 22.0 Å². The van der Waals surface area contributed by atoms with Crippen molar-refractivity contribution in [3.63, 3.8) is 0 Å². The highest BCUT2D eigenvalue weighted by molar-refractivity contribution is 8.03. The monoisotopic (exact) mass is 393 g/mol. The zero-order valence-corrected chi connectivity index (χ0v) is 16.7. The normalized spacial score (nSPS) is 18.3. The van der Waals surface area contributed by atoms with Crippen LogP contribution in [0.5, 0.6) is 0 Å². The Labute approximate surface area is 169 Å². The van der Waals surface area contributed by atoms with Crippen molar-refractivity contribution >= 4 is 46.5 Å². The molecule has 0 radical (unpaired) electrons. The molecule has 2 aromatic carbocycles. The maximum absolute atomic E-state index is 12.5. The van der Waals surface area contributed by atoms with Gasteiger partial charge in [0.25, 0.3) is 0 Å². The maximum atomic E-state index is 12.5. The number of carbonyl (C=O) groups excluding carboxylic acids is 1. The number of benzene rings is 2. The van der Waals surface area contributed by atoms with Gasteiger partial charge in [-0.3, -0.25) is 4.79 Å². The molecule has 1 aliphatic heterocycles. The molecule has 0 N–H and O–H groups in total. The van der Waals surface area contributed by atoms with Gasteiger partial charge in [-0.25, -0.2) is 0 Å². The smallest absolute Gasteiger partial charge is 0.186 e. The van der Waals surface area contributed by atoms with E-state index in [4.69, 9.17) is 11.6 Å². The van der Waals surface area contributed by atoms with Gasteiger partial charge in [-0.15, -0.1) is 0 Å². The fourth-order valence-corrected chi connectivity index (χ4v) is 4.72. The summed E-state index contributed by atoms with van der Waals surface area (Å²) >= 11 is 7.89. The molecule has 0 atom stereocenters. The fourth-order valence-electron chi connectivity index (χ4n) is 3.35. The third kappa shape index (κ3) is 3.62. The van der Waals surface area contributed by atoms with Crippen LogP contribution < -0.4 is 4.90 Å². The van der Waals surface area contributed by atoms with E-state index in [1.807, 2.05) is 48.6 Å². The van der Waals surface area contributed by atoms with Crippen LogP contribution in [0.2, 0.25) is 5.02 Å². The number of hydrogen-bond donors (Lipinski definition) is 0. The van der Waals surface area contributed by atoms with Crippen molar-refractivity contribution < 1.29 is 4.79 Å². The molecular formula is C23H20ClNOS. The fraction of sp³-hybridized carbons (Fsp3) is 0.174. The summed E-state index contributed by atoms with van der Waals surface area (Å²) in [6.07, 6.45) is 9.81. The van der Waals surface area contributed by atoms with Crippen molar-refractivity contribution in [1.82, 2.24) is 0 Å². The van der Waals surface area contributed by atoms with Crippen LogP contribution in [0.3, 0.4) is 0 Å². The van der Waals surface area contributed by atoms with Crippen LogP contribution in [-0.4, -0.2) is 12.3 Å². The zero-order valence-electron chi connectivity index (χ0n) is 15.1. The van der Waals surface area contributed by atoms with Gasteiger partial charge in [-0.05, 0) is 54.0 Å². The predicted octanol–water partition coefficient (Wildman–Crippen LogP) is 6.57. The molecule has 2 aromatic rings. The van der Waals surface area contributed by atoms with Crippen molar-refractivity contribution in [1.29, 1.82) is 0 Å². The van der Waals surface area contributed by atoms with Gasteiger partial charge < -0.3 is 4.90 Å². The van der Waals surface area contributed by atoms with Crippen LogP contribution in [0.4, 0.5) is 5.69 Å². The second-order valence-corrected chi connectivity index (χ2v) is 8.09. The van der Waals surface area contributed by atoms with Crippen molar-refractivity contribution in [3.05, 3.63) is 81.9 Å². The SMILES string of the molecule is CCCCN1C(=CC=C2C(=O)C=Cc3ccccc32)Sc2cc(Cl)ccc21. The average Bonchev–Trinajstić information content (AvgIpc) is 3.02. The Bertz CT molecular complexity index is 990. The lowest BCUT2D eigenvalue weighted by Gasteiger charge is -2.20. The third-order valence-corrected chi connectivity index (χ3v) is 6.10. The van der Waals surface area contributed by atoms with Crippen molar-refractivity contribution in [2.45, 2.75) is 24.7 Å². The molecule has 0 bridgehead atoms. The number of carbonyl (C=O) groups is 1. The number of fused-ring (bicyclic) bond motifs is 2. The molecular weight excluding hydrogens is 374 g/mol. The molecule has 0 aromatic heterocycles. The lowest BCUT2D eigenvalue weighted by atomic mass is 9.91. The van der Waals surface area contributed by atoms with Crippen molar-refractivity contribution in [2.24, 2.45) is 0 Å². The highest BCUT2D eigenvalue weighted by Crippen LogP contribution is 2.47. The first-order chi connectivity index (χ1) is 13.2. The molecule has 1 aliphatic carbocycles. The van der Waals surface area contributed by atoms with E-state index in [2.05, 4.69) is 24.0 Å². The van der Waals surface area contributed by atoms with Crippen LogP contribution in [0.1, 0.15) is 30.9 Å². The Balaban J connectivity index is 1.71. The Kier molecular flexibility index (Phi) is 5.24. The molecule has 4 heteroatoms. The standard InChI is InChI=1S/C23H20ClNOS/c1-2-3-14-25-20-11-9-17(24)15-22(20)27-23(25)13-10-19-18-7-5-4-6-16(18)8-12-21(19)26/h4-13,15H,2-3,14H2,1H3. The topological polar surface area (TPSA) is 20.3 Å². The van der Waals surface area contributed by atoms with Gasteiger partial charge in [0.15, 0.2) is 5.78 Å². The van der Waals surface area contributed by atoms with Crippen LogP contribution in [0.15, 0.2) is 70.6 Å². The number of nitrogens with zero attached hydrogens (tertiary/aromatic N) is 1. The number of allylic oxidation sites excluding steroid dienone is 4. The van der Waals surface area contributed by atoms with E-state index < -0.39 is 0 Å². The first-order valence-corrected chi connectivity index (χ1v) is 10.4. The molecule has 0 amide bonds. The van der Waals surface area contributed by atoms with Gasteiger partial charge in [0.05, 0.1) is 10.7 Å². The van der Waals surface area contributed by atoms with Gasteiger partial charge in [-0.2, -0.15) is 0 Å². The minimum Gasteiger partial charge on any atom is -0.335 e. The molecule has 0 fully saturated rings. The summed E-state index contributed by atoms with van der Waals surface area (Å²) < 4.78 is 0. The second-order valence-electron chi connectivity index (χ2n) is 6.59. The summed E-state index contributed by atoms with van der Waals surface area (Å²) in [5, 5.41) is 1.88. The van der Waals surface area contributed by atoms with E-state index in [-0.39, 0.29) is 5.78 Å². The minimum absolute atomic E-state index is 0.0502. The second kappa shape index (κ2) is 7.79. The molecule has 4 rings (SSSR count). The van der Waals surface area contributed by atoms with Gasteiger partial charge in [0.1, 0.15) is 0 Å². The van der Waals surface area contributed by atoms with Crippen molar-refractivity contribution in [3.8, 4) is 0 Å². The number of halogens is 1. The first-order valence-electron chi connectivity index (χ1n) is 9.16. The van der Waals surface area contributed by atoms with E-state index in [1.165, 1.54) is 10.6 Å². The zero-order chi connectivity index (χ0) is 18.8. The lowest BCUT2D eigenvalue weighted by Crippen LogP contribution is -2.18. The Morgan fingerprint density at radius 3 is 2.81 bits per heavy atom. The number of unbranched alkanes of at least 4 members (excludes halogenated alkanes) is 1. The van der Waals surface area contributed by atoms with E-state index >= 15 is 0 Å². The van der Waals surface area contributed by atoms with Crippen molar-refractivity contribution in [2.75, 3.05) is 11.4 Å². The average molecular weight is 394 g/mol.